The number of aliphatic hydroxyl groups is 1. The third-order valence-corrected chi connectivity index (χ3v) is 7.09. The molecule has 1 N–H and O–H groups in total. The summed E-state index contributed by atoms with van der Waals surface area (Å²) in [5.74, 6) is -0.835. The molecule has 1 unspecified atom stereocenters. The number of aromatic nitrogens is 2. The number of imidazole rings is 1. The molecule has 2 heterocycles. The Kier molecular flexibility index (Phi) is 7.59. The second-order valence-corrected chi connectivity index (χ2v) is 9.80. The van der Waals surface area contributed by atoms with Gasteiger partial charge < -0.3 is 19.3 Å². The SMILES string of the molecule is Cc1ccc(C2/C(=C(\O)c3ccc(OCc4ccccc4C)cc3)C(=O)C(=O)N2CCCn2ccnc2)cc1. The zero-order chi connectivity index (χ0) is 27.4. The fourth-order valence-electron chi connectivity index (χ4n) is 4.85. The van der Waals surface area contributed by atoms with Gasteiger partial charge in [0.15, 0.2) is 0 Å². The van der Waals surface area contributed by atoms with Gasteiger partial charge in [-0.25, -0.2) is 4.98 Å². The molecule has 0 bridgehead atoms. The second kappa shape index (κ2) is 11.4. The number of ether oxygens (including phenoxy) is 1. The van der Waals surface area contributed by atoms with Crippen LogP contribution in [0.3, 0.4) is 0 Å². The first-order valence-electron chi connectivity index (χ1n) is 13.0. The van der Waals surface area contributed by atoms with E-state index in [4.69, 9.17) is 4.74 Å². The molecule has 7 heteroatoms. The van der Waals surface area contributed by atoms with Crippen molar-refractivity contribution in [2.24, 2.45) is 0 Å². The van der Waals surface area contributed by atoms with Crippen LogP contribution in [-0.2, 0) is 22.7 Å². The number of carbonyl (C=O) groups is 2. The zero-order valence-electron chi connectivity index (χ0n) is 22.1. The van der Waals surface area contributed by atoms with Gasteiger partial charge in [0, 0.05) is 31.0 Å². The Morgan fingerprint density at radius 3 is 2.38 bits per heavy atom. The second-order valence-electron chi connectivity index (χ2n) is 9.80. The van der Waals surface area contributed by atoms with E-state index in [1.807, 2.05) is 73.1 Å². The highest BCUT2D eigenvalue weighted by Crippen LogP contribution is 2.39. The molecule has 0 aliphatic carbocycles. The van der Waals surface area contributed by atoms with Crippen LogP contribution in [-0.4, -0.2) is 37.8 Å². The Balaban J connectivity index is 1.41. The largest absolute Gasteiger partial charge is 0.507 e. The Bertz CT molecular complexity index is 1490. The van der Waals surface area contributed by atoms with Gasteiger partial charge in [0.05, 0.1) is 17.9 Å². The van der Waals surface area contributed by atoms with Crippen LogP contribution >= 0.6 is 0 Å². The third-order valence-electron chi connectivity index (χ3n) is 7.09. The summed E-state index contributed by atoms with van der Waals surface area (Å²) < 4.78 is 7.86. The van der Waals surface area contributed by atoms with Crippen LogP contribution in [0.2, 0.25) is 0 Å². The number of aliphatic hydroxyl groups excluding tert-OH is 1. The average molecular weight is 522 g/mol. The Morgan fingerprint density at radius 2 is 1.69 bits per heavy atom. The lowest BCUT2D eigenvalue weighted by Crippen LogP contribution is -2.31. The van der Waals surface area contributed by atoms with Crippen LogP contribution in [0, 0.1) is 13.8 Å². The molecular weight excluding hydrogens is 490 g/mol. The molecule has 0 radical (unpaired) electrons. The van der Waals surface area contributed by atoms with Crippen molar-refractivity contribution in [2.75, 3.05) is 6.54 Å². The molecule has 7 nitrogen and oxygen atoms in total. The van der Waals surface area contributed by atoms with Gasteiger partial charge in [0.1, 0.15) is 18.1 Å². The molecule has 0 saturated carbocycles. The van der Waals surface area contributed by atoms with E-state index in [0.717, 1.165) is 22.3 Å². The number of likely N-dealkylation sites (tertiary alicyclic amines) is 1. The maximum Gasteiger partial charge on any atom is 0.295 e. The van der Waals surface area contributed by atoms with Crippen LogP contribution < -0.4 is 4.74 Å². The monoisotopic (exact) mass is 521 g/mol. The molecule has 1 fully saturated rings. The topological polar surface area (TPSA) is 84.7 Å². The lowest BCUT2D eigenvalue weighted by atomic mass is 9.94. The highest BCUT2D eigenvalue weighted by molar-refractivity contribution is 6.46. The van der Waals surface area contributed by atoms with Crippen molar-refractivity contribution in [1.29, 1.82) is 0 Å². The number of carbonyl (C=O) groups excluding carboxylic acids is 2. The first-order chi connectivity index (χ1) is 18.9. The van der Waals surface area contributed by atoms with E-state index in [0.29, 0.717) is 37.4 Å². The summed E-state index contributed by atoms with van der Waals surface area (Å²) in [5.41, 5.74) is 4.64. The van der Waals surface area contributed by atoms with Crippen LogP contribution in [0.1, 0.15) is 40.3 Å². The minimum absolute atomic E-state index is 0.0973. The van der Waals surface area contributed by atoms with Gasteiger partial charge in [0.25, 0.3) is 11.7 Å². The van der Waals surface area contributed by atoms with Gasteiger partial charge in [-0.15, -0.1) is 0 Å². The molecule has 0 spiro atoms. The number of rotatable bonds is 9. The van der Waals surface area contributed by atoms with E-state index in [9.17, 15) is 14.7 Å². The summed E-state index contributed by atoms with van der Waals surface area (Å²) in [6.07, 6.45) is 5.93. The lowest BCUT2D eigenvalue weighted by Gasteiger charge is -2.25. The minimum Gasteiger partial charge on any atom is -0.507 e. The maximum atomic E-state index is 13.3. The molecule has 198 valence electrons. The van der Waals surface area contributed by atoms with Crippen molar-refractivity contribution < 1.29 is 19.4 Å². The normalized spacial score (nSPS) is 16.6. The molecule has 5 rings (SSSR count). The average Bonchev–Trinajstić information content (AvgIpc) is 3.55. The number of benzene rings is 3. The first-order valence-corrected chi connectivity index (χ1v) is 13.0. The van der Waals surface area contributed by atoms with Crippen molar-refractivity contribution in [3.05, 3.63) is 125 Å². The standard InChI is InChI=1S/C32H31N3O4/c1-22-8-10-24(11-9-22)29-28(31(37)32(38)35(29)18-5-17-34-19-16-33-21-34)30(36)25-12-14-27(15-13-25)39-20-26-7-4-3-6-23(26)2/h3-4,6-16,19,21,29,36H,5,17-18,20H2,1-2H3/b30-28+. The van der Waals surface area contributed by atoms with Crippen LogP contribution in [0.4, 0.5) is 0 Å². The fraction of sp³-hybridized carbons (Fsp3) is 0.219. The Morgan fingerprint density at radius 1 is 0.949 bits per heavy atom. The highest BCUT2D eigenvalue weighted by atomic mass is 16.5. The summed E-state index contributed by atoms with van der Waals surface area (Å²) in [4.78, 5) is 32.1. The van der Waals surface area contributed by atoms with Gasteiger partial charge in [0.2, 0.25) is 0 Å². The van der Waals surface area contributed by atoms with E-state index < -0.39 is 17.7 Å². The van der Waals surface area contributed by atoms with Gasteiger partial charge in [-0.1, -0.05) is 54.1 Å². The number of Topliss-reactive ketones (excluding diaryl/α,β-unsaturated/α-hetero) is 1. The summed E-state index contributed by atoms with van der Waals surface area (Å²) in [7, 11) is 0. The smallest absolute Gasteiger partial charge is 0.295 e. The highest BCUT2D eigenvalue weighted by Gasteiger charge is 2.45. The van der Waals surface area contributed by atoms with E-state index in [2.05, 4.69) is 4.98 Å². The van der Waals surface area contributed by atoms with Crippen molar-refractivity contribution >= 4 is 17.4 Å². The van der Waals surface area contributed by atoms with Crippen LogP contribution in [0.15, 0.2) is 97.1 Å². The van der Waals surface area contributed by atoms with Crippen molar-refractivity contribution in [3.8, 4) is 5.75 Å². The van der Waals surface area contributed by atoms with E-state index in [-0.39, 0.29) is 11.3 Å². The molecule has 1 atom stereocenters. The van der Waals surface area contributed by atoms with Crippen molar-refractivity contribution in [3.63, 3.8) is 0 Å². The van der Waals surface area contributed by atoms with Crippen LogP contribution in [0.25, 0.3) is 5.76 Å². The first kappa shape index (κ1) is 26.0. The zero-order valence-corrected chi connectivity index (χ0v) is 22.1. The molecule has 4 aromatic rings. The molecule has 1 amide bonds. The Labute approximate surface area is 228 Å². The molecule has 1 aliphatic rings. The van der Waals surface area contributed by atoms with Crippen molar-refractivity contribution in [2.45, 2.75) is 39.5 Å². The summed E-state index contributed by atoms with van der Waals surface area (Å²) in [6.45, 7) is 5.47. The predicted octanol–water partition coefficient (Wildman–Crippen LogP) is 5.59. The van der Waals surface area contributed by atoms with Gasteiger partial charge >= 0.3 is 0 Å². The molecule has 1 saturated heterocycles. The number of hydrogen-bond acceptors (Lipinski definition) is 5. The maximum absolute atomic E-state index is 13.3. The summed E-state index contributed by atoms with van der Waals surface area (Å²) in [5, 5.41) is 11.4. The Hall–Kier alpha value is -4.65. The summed E-state index contributed by atoms with van der Waals surface area (Å²) >= 11 is 0. The number of ketones is 1. The fourth-order valence-corrected chi connectivity index (χ4v) is 4.85. The quantitative estimate of drug-likeness (QED) is 0.176. The van der Waals surface area contributed by atoms with Crippen molar-refractivity contribution in [1.82, 2.24) is 14.5 Å². The lowest BCUT2D eigenvalue weighted by molar-refractivity contribution is -0.139. The number of hydrogen-bond donors (Lipinski definition) is 1. The minimum atomic E-state index is -0.680. The van der Waals surface area contributed by atoms with Gasteiger partial charge in [-0.05, 0) is 61.2 Å². The third kappa shape index (κ3) is 5.62. The van der Waals surface area contributed by atoms with E-state index >= 15 is 0 Å². The van der Waals surface area contributed by atoms with Gasteiger partial charge in [-0.3, -0.25) is 9.59 Å². The molecule has 1 aliphatic heterocycles. The van der Waals surface area contributed by atoms with Gasteiger partial charge in [-0.2, -0.15) is 0 Å². The molecule has 39 heavy (non-hydrogen) atoms. The summed E-state index contributed by atoms with van der Waals surface area (Å²) in [6, 6.07) is 22.0. The molecule has 3 aromatic carbocycles. The molecular formula is C32H31N3O4. The number of aryl methyl sites for hydroxylation is 3. The van der Waals surface area contributed by atoms with Crippen LogP contribution in [0.5, 0.6) is 5.75 Å². The van der Waals surface area contributed by atoms with E-state index in [1.54, 1.807) is 41.7 Å². The van der Waals surface area contributed by atoms with E-state index in [1.165, 1.54) is 0 Å². The predicted molar refractivity (Wildman–Crippen MR) is 149 cm³/mol. The number of nitrogens with zero attached hydrogens (tertiary/aromatic N) is 3. The number of amides is 1. The molecule has 1 aromatic heterocycles.